The van der Waals surface area contributed by atoms with Crippen molar-refractivity contribution >= 4 is 36.0 Å². The summed E-state index contributed by atoms with van der Waals surface area (Å²) in [6, 6.07) is 0. The van der Waals surface area contributed by atoms with Crippen molar-refractivity contribution in [1.29, 1.82) is 0 Å². The molecule has 0 aromatic carbocycles. The van der Waals surface area contributed by atoms with Crippen molar-refractivity contribution in [2.75, 3.05) is 32.7 Å². The molecular weight excluding hydrogens is 443 g/mol. The van der Waals surface area contributed by atoms with Crippen LogP contribution in [0.15, 0.2) is 4.99 Å². The second-order valence-corrected chi connectivity index (χ2v) is 8.85. The van der Waals surface area contributed by atoms with Gasteiger partial charge in [0.05, 0.1) is 0 Å². The molecule has 0 spiro atoms. The van der Waals surface area contributed by atoms with Crippen LogP contribution in [0.25, 0.3) is 0 Å². The average Bonchev–Trinajstić information content (AvgIpc) is 2.81. The normalized spacial score (nSPS) is 21.6. The number of nitrogens with two attached hydrogens (primary N) is 1. The van der Waals surface area contributed by atoms with E-state index in [0.29, 0.717) is 5.96 Å². The minimum atomic E-state index is -0.441. The number of hydrogen-bond donors (Lipinski definition) is 1. The molecule has 6 nitrogen and oxygen atoms in total. The molecule has 2 fully saturated rings. The van der Waals surface area contributed by atoms with Gasteiger partial charge in [0, 0.05) is 32.7 Å². The molecule has 1 amide bonds. The Balaban J connectivity index is 0.00000338. The van der Waals surface area contributed by atoms with Crippen molar-refractivity contribution in [2.45, 2.75) is 71.8 Å². The molecular formula is C19H37IN4O2. The lowest BCUT2D eigenvalue weighted by Crippen LogP contribution is -2.45. The van der Waals surface area contributed by atoms with Crippen LogP contribution in [-0.2, 0) is 4.74 Å². The highest BCUT2D eigenvalue weighted by Crippen LogP contribution is 2.32. The Morgan fingerprint density at radius 3 is 2.08 bits per heavy atom. The maximum Gasteiger partial charge on any atom is 0.410 e. The van der Waals surface area contributed by atoms with Crippen molar-refractivity contribution < 1.29 is 9.53 Å². The van der Waals surface area contributed by atoms with Gasteiger partial charge in [0.15, 0.2) is 5.96 Å². The van der Waals surface area contributed by atoms with E-state index in [1.54, 1.807) is 0 Å². The van der Waals surface area contributed by atoms with E-state index >= 15 is 0 Å². The highest BCUT2D eigenvalue weighted by molar-refractivity contribution is 14.0. The fourth-order valence-corrected chi connectivity index (χ4v) is 3.39. The summed E-state index contributed by atoms with van der Waals surface area (Å²) in [4.78, 5) is 20.9. The van der Waals surface area contributed by atoms with Crippen LogP contribution in [0.4, 0.5) is 4.79 Å². The Hall–Kier alpha value is -0.730. The molecule has 7 heteroatoms. The third kappa shape index (κ3) is 7.48. The van der Waals surface area contributed by atoms with Gasteiger partial charge in [0.1, 0.15) is 5.60 Å². The van der Waals surface area contributed by atoms with E-state index in [9.17, 15) is 4.79 Å². The third-order valence-electron chi connectivity index (χ3n) is 5.18. The highest BCUT2D eigenvalue weighted by Gasteiger charge is 2.33. The second kappa shape index (κ2) is 9.99. The average molecular weight is 480 g/mol. The van der Waals surface area contributed by atoms with Crippen molar-refractivity contribution in [2.24, 2.45) is 16.1 Å². The number of halogens is 1. The zero-order valence-electron chi connectivity index (χ0n) is 16.9. The second-order valence-electron chi connectivity index (χ2n) is 8.85. The quantitative estimate of drug-likeness (QED) is 0.371. The van der Waals surface area contributed by atoms with Crippen molar-refractivity contribution in [1.82, 2.24) is 9.80 Å². The van der Waals surface area contributed by atoms with E-state index in [-0.39, 0.29) is 35.5 Å². The number of ether oxygens (including phenoxy) is 1. The summed E-state index contributed by atoms with van der Waals surface area (Å²) in [6.45, 7) is 12.2. The summed E-state index contributed by atoms with van der Waals surface area (Å²) in [6.07, 6.45) is 6.66. The van der Waals surface area contributed by atoms with Gasteiger partial charge in [-0.2, -0.15) is 0 Å². The van der Waals surface area contributed by atoms with Gasteiger partial charge in [0.2, 0.25) is 0 Å². The molecule has 0 bridgehead atoms. The first-order valence-corrected chi connectivity index (χ1v) is 9.71. The molecule has 26 heavy (non-hydrogen) atoms. The minimum Gasteiger partial charge on any atom is -0.444 e. The number of likely N-dealkylation sites (tertiary alicyclic amines) is 2. The van der Waals surface area contributed by atoms with Crippen molar-refractivity contribution in [3.05, 3.63) is 0 Å². The highest BCUT2D eigenvalue weighted by atomic mass is 127. The zero-order valence-corrected chi connectivity index (χ0v) is 19.3. The van der Waals surface area contributed by atoms with Crippen LogP contribution in [0.5, 0.6) is 0 Å². The number of piperidine rings is 1. The first-order chi connectivity index (χ1) is 11.7. The molecule has 0 aliphatic carbocycles. The number of aliphatic imine (C=N–C) groups is 1. The van der Waals surface area contributed by atoms with Gasteiger partial charge in [0.25, 0.3) is 0 Å². The van der Waals surface area contributed by atoms with Gasteiger partial charge >= 0.3 is 6.09 Å². The number of amides is 1. The maximum absolute atomic E-state index is 12.2. The number of nitrogens with zero attached hydrogens (tertiary/aromatic N) is 3. The Kier molecular flexibility index (Phi) is 8.96. The summed E-state index contributed by atoms with van der Waals surface area (Å²) < 4.78 is 5.47. The first kappa shape index (κ1) is 23.3. The number of guanidine groups is 1. The summed E-state index contributed by atoms with van der Waals surface area (Å²) in [5, 5.41) is 0. The maximum atomic E-state index is 12.2. The van der Waals surface area contributed by atoms with Gasteiger partial charge in [-0.3, -0.25) is 4.99 Å². The van der Waals surface area contributed by atoms with E-state index in [4.69, 9.17) is 15.5 Å². The monoisotopic (exact) mass is 480 g/mol. The lowest BCUT2D eigenvalue weighted by atomic mass is 9.80. The molecule has 0 aromatic rings. The lowest BCUT2D eigenvalue weighted by Gasteiger charge is -2.39. The van der Waals surface area contributed by atoms with Crippen molar-refractivity contribution in [3.63, 3.8) is 0 Å². The summed E-state index contributed by atoms with van der Waals surface area (Å²) >= 11 is 0. The Morgan fingerprint density at radius 2 is 1.58 bits per heavy atom. The SMILES string of the molecule is CC1(CN=C(N)N2CCCCCC2)CCN(C(=O)OC(C)(C)C)CC1.I. The predicted molar refractivity (Wildman–Crippen MR) is 117 cm³/mol. The molecule has 0 saturated carbocycles. The molecule has 0 radical (unpaired) electrons. The summed E-state index contributed by atoms with van der Waals surface area (Å²) in [7, 11) is 0. The van der Waals surface area contributed by atoms with Gasteiger partial charge in [-0.25, -0.2) is 4.79 Å². The van der Waals surface area contributed by atoms with Crippen LogP contribution in [0.1, 0.15) is 66.2 Å². The van der Waals surface area contributed by atoms with E-state index < -0.39 is 5.60 Å². The molecule has 0 atom stereocenters. The lowest BCUT2D eigenvalue weighted by molar-refractivity contribution is 0.0127. The number of carbonyl (C=O) groups excluding carboxylic acids is 1. The molecule has 2 N–H and O–H groups in total. The van der Waals surface area contributed by atoms with E-state index in [1.165, 1.54) is 25.7 Å². The zero-order chi connectivity index (χ0) is 18.5. The van der Waals surface area contributed by atoms with Crippen LogP contribution in [-0.4, -0.2) is 60.2 Å². The van der Waals surface area contributed by atoms with Crippen LogP contribution in [0.3, 0.4) is 0 Å². The fraction of sp³-hybridized carbons (Fsp3) is 0.895. The minimum absolute atomic E-state index is 0. The fourth-order valence-electron chi connectivity index (χ4n) is 3.39. The Morgan fingerprint density at radius 1 is 1.04 bits per heavy atom. The molecule has 2 rings (SSSR count). The molecule has 2 aliphatic heterocycles. The van der Waals surface area contributed by atoms with Gasteiger partial charge in [-0.1, -0.05) is 19.8 Å². The number of hydrogen-bond acceptors (Lipinski definition) is 3. The summed E-state index contributed by atoms with van der Waals surface area (Å²) in [5.74, 6) is 0.692. The van der Waals surface area contributed by atoms with Crippen molar-refractivity contribution in [3.8, 4) is 0 Å². The van der Waals surface area contributed by atoms with Gasteiger partial charge < -0.3 is 20.3 Å². The van der Waals surface area contributed by atoms with Gasteiger partial charge in [-0.05, 0) is 51.9 Å². The first-order valence-electron chi connectivity index (χ1n) is 9.71. The van der Waals surface area contributed by atoms with Crippen LogP contribution >= 0.6 is 24.0 Å². The summed E-state index contributed by atoms with van der Waals surface area (Å²) in [5.41, 5.74) is 5.90. The number of carbonyl (C=O) groups is 1. The molecule has 2 heterocycles. The van der Waals surface area contributed by atoms with Crippen LogP contribution < -0.4 is 5.73 Å². The molecule has 2 saturated heterocycles. The molecule has 152 valence electrons. The van der Waals surface area contributed by atoms with Gasteiger partial charge in [-0.15, -0.1) is 24.0 Å². The van der Waals surface area contributed by atoms with Crippen LogP contribution in [0.2, 0.25) is 0 Å². The molecule has 0 aromatic heterocycles. The van der Waals surface area contributed by atoms with E-state index in [2.05, 4.69) is 11.8 Å². The predicted octanol–water partition coefficient (Wildman–Crippen LogP) is 3.83. The largest absolute Gasteiger partial charge is 0.444 e. The topological polar surface area (TPSA) is 71.2 Å². The number of rotatable bonds is 2. The standard InChI is InChI=1S/C19H36N4O2.HI/c1-18(2,3)25-17(24)23-13-9-19(4,10-14-23)15-21-16(20)22-11-7-5-6-8-12-22;/h5-15H2,1-4H3,(H2,20,21);1H. The van der Waals surface area contributed by atoms with E-state index in [0.717, 1.165) is 45.6 Å². The Labute approximate surface area is 175 Å². The third-order valence-corrected chi connectivity index (χ3v) is 5.18. The molecule has 2 aliphatic rings. The molecule has 0 unspecified atom stereocenters. The smallest absolute Gasteiger partial charge is 0.410 e. The van der Waals surface area contributed by atoms with E-state index in [1.807, 2.05) is 25.7 Å². The van der Waals surface area contributed by atoms with Crippen LogP contribution in [0, 0.1) is 5.41 Å². The Bertz CT molecular complexity index is 474.